The SMILES string of the molecule is C=CC[C@H](C(=O)N1CCCC[C@H]1C(=O)OC(CCc1ccc(C)c(C)c1)c1cccc(OCC(=O)O)c1)c1cc(C)c(OC)c(OC)c1. The van der Waals surface area contributed by atoms with Crippen molar-refractivity contribution in [1.82, 2.24) is 4.90 Å². The Kier molecular flexibility index (Phi) is 12.7. The van der Waals surface area contributed by atoms with Gasteiger partial charge in [-0.1, -0.05) is 42.5 Å². The van der Waals surface area contributed by atoms with Crippen molar-refractivity contribution in [1.29, 1.82) is 0 Å². The van der Waals surface area contributed by atoms with Crippen LogP contribution in [0.2, 0.25) is 0 Å². The number of aryl methyl sites for hydroxylation is 4. The lowest BCUT2D eigenvalue weighted by molar-refractivity contribution is -0.162. The summed E-state index contributed by atoms with van der Waals surface area (Å²) in [4.78, 5) is 41.2. The van der Waals surface area contributed by atoms with Gasteiger partial charge < -0.3 is 29.0 Å². The number of benzene rings is 3. The summed E-state index contributed by atoms with van der Waals surface area (Å²) in [5.41, 5.74) is 5.78. The zero-order valence-corrected chi connectivity index (χ0v) is 28.6. The number of methoxy groups -OCH3 is 2. The maximum absolute atomic E-state index is 14.3. The zero-order valence-electron chi connectivity index (χ0n) is 28.6. The van der Waals surface area contributed by atoms with Crippen LogP contribution in [-0.2, 0) is 25.5 Å². The molecule has 1 amide bonds. The van der Waals surface area contributed by atoms with Crippen LogP contribution in [-0.4, -0.2) is 61.3 Å². The summed E-state index contributed by atoms with van der Waals surface area (Å²) in [6.07, 6.45) is 4.64. The predicted molar refractivity (Wildman–Crippen MR) is 184 cm³/mol. The Balaban J connectivity index is 1.61. The molecule has 1 heterocycles. The van der Waals surface area contributed by atoms with E-state index in [1.807, 2.05) is 25.1 Å². The highest BCUT2D eigenvalue weighted by atomic mass is 16.5. The molecule has 48 heavy (non-hydrogen) atoms. The Labute approximate surface area is 283 Å². The van der Waals surface area contributed by atoms with Crippen molar-refractivity contribution in [2.45, 2.75) is 77.4 Å². The highest BCUT2D eigenvalue weighted by Gasteiger charge is 2.38. The molecule has 0 radical (unpaired) electrons. The largest absolute Gasteiger partial charge is 0.493 e. The summed E-state index contributed by atoms with van der Waals surface area (Å²) in [5.74, 6) is -0.782. The molecule has 1 aliphatic heterocycles. The molecule has 1 fully saturated rings. The van der Waals surface area contributed by atoms with Gasteiger partial charge in [-0.05, 0) is 111 Å². The molecule has 1 saturated heterocycles. The monoisotopic (exact) mass is 657 g/mol. The highest BCUT2D eigenvalue weighted by molar-refractivity contribution is 5.89. The first-order valence-electron chi connectivity index (χ1n) is 16.4. The zero-order chi connectivity index (χ0) is 34.8. The van der Waals surface area contributed by atoms with E-state index in [1.165, 1.54) is 11.1 Å². The number of allylic oxidation sites excluding steroid dienone is 1. The molecule has 3 atom stereocenters. The number of likely N-dealkylation sites (tertiary alicyclic amines) is 1. The van der Waals surface area contributed by atoms with Gasteiger partial charge in [0.25, 0.3) is 0 Å². The number of carbonyl (C=O) groups is 3. The van der Waals surface area contributed by atoms with Crippen LogP contribution < -0.4 is 14.2 Å². The molecule has 1 unspecified atom stereocenters. The van der Waals surface area contributed by atoms with Gasteiger partial charge >= 0.3 is 11.9 Å². The van der Waals surface area contributed by atoms with E-state index in [4.69, 9.17) is 24.1 Å². The lowest BCUT2D eigenvalue weighted by atomic mass is 9.90. The molecule has 1 N–H and O–H groups in total. The molecule has 9 nitrogen and oxygen atoms in total. The van der Waals surface area contributed by atoms with Crippen LogP contribution >= 0.6 is 0 Å². The Bertz CT molecular complexity index is 1620. The maximum atomic E-state index is 14.3. The topological polar surface area (TPSA) is 112 Å². The molecule has 4 rings (SSSR count). The lowest BCUT2D eigenvalue weighted by Gasteiger charge is -2.37. The van der Waals surface area contributed by atoms with Crippen LogP contribution in [0.25, 0.3) is 0 Å². The van der Waals surface area contributed by atoms with Crippen molar-refractivity contribution in [2.75, 3.05) is 27.4 Å². The predicted octanol–water partition coefficient (Wildman–Crippen LogP) is 7.05. The van der Waals surface area contributed by atoms with Crippen molar-refractivity contribution < 1.29 is 38.4 Å². The highest BCUT2D eigenvalue weighted by Crippen LogP contribution is 2.37. The number of carboxylic acids is 1. The molecule has 1 aliphatic rings. The maximum Gasteiger partial charge on any atom is 0.341 e. The molecule has 0 saturated carbocycles. The minimum Gasteiger partial charge on any atom is -0.493 e. The molecular formula is C39H47NO8. The lowest BCUT2D eigenvalue weighted by Crippen LogP contribution is -2.50. The van der Waals surface area contributed by atoms with Gasteiger partial charge in [-0.25, -0.2) is 9.59 Å². The number of esters is 1. The van der Waals surface area contributed by atoms with Gasteiger partial charge in [0.05, 0.1) is 20.1 Å². The number of carboxylic acid groups (broad SMARTS) is 1. The van der Waals surface area contributed by atoms with Gasteiger partial charge in [-0.3, -0.25) is 4.79 Å². The van der Waals surface area contributed by atoms with Crippen LogP contribution in [0.5, 0.6) is 17.2 Å². The second-order valence-corrected chi connectivity index (χ2v) is 12.3. The van der Waals surface area contributed by atoms with Crippen molar-refractivity contribution in [3.63, 3.8) is 0 Å². The second kappa shape index (κ2) is 16.9. The Morgan fingerprint density at radius 2 is 1.75 bits per heavy atom. The van der Waals surface area contributed by atoms with Crippen LogP contribution in [0, 0.1) is 20.8 Å². The third-order valence-corrected chi connectivity index (χ3v) is 8.96. The first kappa shape index (κ1) is 36.1. The molecule has 0 aliphatic carbocycles. The van der Waals surface area contributed by atoms with Crippen LogP contribution in [0.1, 0.15) is 77.5 Å². The van der Waals surface area contributed by atoms with Gasteiger partial charge in [0.2, 0.25) is 5.91 Å². The normalized spacial score (nSPS) is 15.6. The number of aliphatic carboxylic acids is 1. The number of carbonyl (C=O) groups excluding carboxylic acids is 2. The Morgan fingerprint density at radius 3 is 2.44 bits per heavy atom. The fourth-order valence-corrected chi connectivity index (χ4v) is 6.29. The van der Waals surface area contributed by atoms with E-state index >= 15 is 0 Å². The number of rotatable bonds is 15. The van der Waals surface area contributed by atoms with Crippen molar-refractivity contribution in [2.24, 2.45) is 0 Å². The molecule has 256 valence electrons. The number of piperidine rings is 1. The molecule has 3 aromatic rings. The average molecular weight is 658 g/mol. The Hall–Kier alpha value is -4.79. The van der Waals surface area contributed by atoms with Gasteiger partial charge in [-0.2, -0.15) is 0 Å². The number of ether oxygens (including phenoxy) is 4. The second-order valence-electron chi connectivity index (χ2n) is 12.3. The fraction of sp³-hybridized carbons (Fsp3) is 0.410. The summed E-state index contributed by atoms with van der Waals surface area (Å²) in [5, 5.41) is 9.10. The van der Waals surface area contributed by atoms with Crippen LogP contribution in [0.3, 0.4) is 0 Å². The number of nitrogens with zero attached hydrogens (tertiary/aromatic N) is 1. The fourth-order valence-electron chi connectivity index (χ4n) is 6.29. The average Bonchev–Trinajstić information content (AvgIpc) is 3.08. The van der Waals surface area contributed by atoms with E-state index in [-0.39, 0.29) is 5.91 Å². The third-order valence-electron chi connectivity index (χ3n) is 8.96. The van der Waals surface area contributed by atoms with Crippen LogP contribution in [0.15, 0.2) is 67.3 Å². The quantitative estimate of drug-likeness (QED) is 0.137. The summed E-state index contributed by atoms with van der Waals surface area (Å²) in [7, 11) is 3.14. The summed E-state index contributed by atoms with van der Waals surface area (Å²) in [6, 6.07) is 16.3. The van der Waals surface area contributed by atoms with E-state index in [9.17, 15) is 14.4 Å². The smallest absolute Gasteiger partial charge is 0.341 e. The number of amides is 1. The third kappa shape index (κ3) is 8.97. The van der Waals surface area contributed by atoms with Gasteiger partial charge in [-0.15, -0.1) is 6.58 Å². The van der Waals surface area contributed by atoms with E-state index in [0.29, 0.717) is 55.0 Å². The molecule has 9 heteroatoms. The minimum atomic E-state index is -1.09. The number of hydrogen-bond donors (Lipinski definition) is 1. The molecule has 3 aromatic carbocycles. The molecule has 0 bridgehead atoms. The van der Waals surface area contributed by atoms with Gasteiger partial charge in [0, 0.05) is 6.54 Å². The summed E-state index contributed by atoms with van der Waals surface area (Å²) in [6.45, 7) is 9.89. The Morgan fingerprint density at radius 1 is 0.958 bits per heavy atom. The molecule has 0 spiro atoms. The van der Waals surface area contributed by atoms with E-state index in [1.54, 1.807) is 43.4 Å². The van der Waals surface area contributed by atoms with E-state index in [0.717, 1.165) is 29.5 Å². The summed E-state index contributed by atoms with van der Waals surface area (Å²) >= 11 is 0. The first-order valence-corrected chi connectivity index (χ1v) is 16.4. The van der Waals surface area contributed by atoms with Crippen molar-refractivity contribution in [3.05, 3.63) is 101 Å². The minimum absolute atomic E-state index is 0.168. The van der Waals surface area contributed by atoms with Crippen molar-refractivity contribution in [3.8, 4) is 17.2 Å². The molecular weight excluding hydrogens is 610 g/mol. The van der Waals surface area contributed by atoms with Crippen LogP contribution in [0.4, 0.5) is 0 Å². The standard InChI is InChI=1S/C39H47NO8/c1-7-11-32(30-21-27(4)37(46-6)35(23-30)45-5)38(43)40-19-9-8-14-33(40)39(44)48-34(18-17-28-16-15-25(2)26(3)20-28)29-12-10-13-31(22-29)47-24-36(41)42/h7,10,12-13,15-16,20-23,32-34H,1,8-9,11,14,17-19,24H2,2-6H3,(H,41,42)/t32-,33-,34?/m0/s1. The van der Waals surface area contributed by atoms with Gasteiger partial charge in [0.1, 0.15) is 17.9 Å². The van der Waals surface area contributed by atoms with E-state index in [2.05, 4.69) is 38.6 Å². The molecule has 0 aromatic heterocycles. The van der Waals surface area contributed by atoms with E-state index < -0.39 is 36.6 Å². The number of hydrogen-bond acceptors (Lipinski definition) is 7. The summed E-state index contributed by atoms with van der Waals surface area (Å²) < 4.78 is 22.8. The first-order chi connectivity index (χ1) is 23.1. The van der Waals surface area contributed by atoms with Gasteiger partial charge in [0.15, 0.2) is 18.1 Å². The van der Waals surface area contributed by atoms with Crippen molar-refractivity contribution >= 4 is 17.8 Å².